The van der Waals surface area contributed by atoms with Crippen molar-refractivity contribution in [3.8, 4) is 0 Å². The number of carbonyl (C=O) groups is 2. The molecule has 3 nitrogen and oxygen atoms in total. The van der Waals surface area contributed by atoms with Crippen molar-refractivity contribution in [2.75, 3.05) is 0 Å². The molecule has 2 aromatic carbocycles. The van der Waals surface area contributed by atoms with Crippen LogP contribution in [-0.4, -0.2) is 11.8 Å². The molecule has 0 amide bonds. The molecule has 0 aromatic heterocycles. The quantitative estimate of drug-likeness (QED) is 0.766. The molecule has 0 heterocycles. The Hall–Kier alpha value is -2.39. The van der Waals surface area contributed by atoms with Crippen LogP contribution in [-0.2, 0) is 14.3 Å². The fraction of sp³-hybridized carbons (Fsp3) is 0.200. The van der Waals surface area contributed by atoms with Crippen molar-refractivity contribution >= 4 is 23.4 Å². The zero-order valence-corrected chi connectivity index (χ0v) is 13.8. The summed E-state index contributed by atoms with van der Waals surface area (Å²) in [7, 11) is 0. The zero-order chi connectivity index (χ0) is 16.9. The Bertz CT molecular complexity index is 726. The molecule has 1 aliphatic carbocycles. The molecule has 122 valence electrons. The maximum absolute atomic E-state index is 12.8. The number of ketones is 1. The van der Waals surface area contributed by atoms with Crippen LogP contribution in [0.1, 0.15) is 36.3 Å². The standard InChI is InChI=1S/C20H17ClO3/c21-19-16(22)12-7-13-17(19)24-20(23)18(14-8-3-1-4-9-14)15-10-5-2-6-11-15/h1-6,8-11,18H,7,12-13H2. The van der Waals surface area contributed by atoms with Crippen molar-refractivity contribution in [3.05, 3.63) is 82.6 Å². The van der Waals surface area contributed by atoms with E-state index in [2.05, 4.69) is 0 Å². The van der Waals surface area contributed by atoms with Crippen LogP contribution in [0.2, 0.25) is 0 Å². The molecule has 1 aliphatic rings. The Labute approximate surface area is 145 Å². The number of allylic oxidation sites excluding steroid dienone is 2. The van der Waals surface area contributed by atoms with Crippen molar-refractivity contribution in [1.29, 1.82) is 0 Å². The highest BCUT2D eigenvalue weighted by Crippen LogP contribution is 2.31. The molecular formula is C20H17ClO3. The van der Waals surface area contributed by atoms with E-state index in [1.807, 2.05) is 60.7 Å². The lowest BCUT2D eigenvalue weighted by Gasteiger charge is -2.20. The number of esters is 1. The first-order chi connectivity index (χ1) is 11.7. The summed E-state index contributed by atoms with van der Waals surface area (Å²) in [4.78, 5) is 24.6. The molecule has 4 heteroatoms. The van der Waals surface area contributed by atoms with Crippen molar-refractivity contribution in [2.24, 2.45) is 0 Å². The Balaban J connectivity index is 1.93. The molecule has 0 spiro atoms. The number of rotatable bonds is 4. The minimum Gasteiger partial charge on any atom is -0.429 e. The summed E-state index contributed by atoms with van der Waals surface area (Å²) >= 11 is 6.03. The van der Waals surface area contributed by atoms with Crippen LogP contribution in [0.3, 0.4) is 0 Å². The number of hydrogen-bond donors (Lipinski definition) is 0. The Morgan fingerprint density at radius 1 is 0.917 bits per heavy atom. The third kappa shape index (κ3) is 3.57. The number of carbonyl (C=O) groups excluding carboxylic acids is 2. The molecule has 0 aliphatic heterocycles. The van der Waals surface area contributed by atoms with Crippen LogP contribution in [0.4, 0.5) is 0 Å². The Morgan fingerprint density at radius 2 is 1.46 bits per heavy atom. The second-order valence-electron chi connectivity index (χ2n) is 5.69. The van der Waals surface area contributed by atoms with Gasteiger partial charge in [0.1, 0.15) is 16.7 Å². The molecule has 0 radical (unpaired) electrons. The SMILES string of the molecule is O=C1CCCC(OC(=O)C(c2ccccc2)c2ccccc2)=C1Cl. The number of hydrogen-bond acceptors (Lipinski definition) is 3. The van der Waals surface area contributed by atoms with Crippen LogP contribution in [0.5, 0.6) is 0 Å². The van der Waals surface area contributed by atoms with Crippen LogP contribution < -0.4 is 0 Å². The number of Topliss-reactive ketones (excluding diaryl/α,β-unsaturated/α-hetero) is 1. The monoisotopic (exact) mass is 340 g/mol. The number of halogens is 1. The smallest absolute Gasteiger partial charge is 0.323 e. The molecule has 0 unspecified atom stereocenters. The molecule has 0 saturated carbocycles. The minimum absolute atomic E-state index is 0.0504. The Morgan fingerprint density at radius 3 is 2.00 bits per heavy atom. The summed E-state index contributed by atoms with van der Waals surface area (Å²) in [6, 6.07) is 18.9. The first-order valence-electron chi connectivity index (χ1n) is 7.90. The summed E-state index contributed by atoms with van der Waals surface area (Å²) in [5.41, 5.74) is 1.68. The predicted octanol–water partition coefficient (Wildman–Crippen LogP) is 4.57. The van der Waals surface area contributed by atoms with Gasteiger partial charge in [-0.25, -0.2) is 0 Å². The van der Waals surface area contributed by atoms with Crippen molar-refractivity contribution in [1.82, 2.24) is 0 Å². The number of ether oxygens (including phenoxy) is 1. The molecule has 0 fully saturated rings. The van der Waals surface area contributed by atoms with E-state index < -0.39 is 11.9 Å². The van der Waals surface area contributed by atoms with Gasteiger partial charge in [-0.05, 0) is 17.5 Å². The van der Waals surface area contributed by atoms with Crippen LogP contribution in [0, 0.1) is 0 Å². The third-order valence-electron chi connectivity index (χ3n) is 4.02. The normalized spacial score (nSPS) is 14.8. The molecule has 0 bridgehead atoms. The summed E-state index contributed by atoms with van der Waals surface area (Å²) in [6.07, 6.45) is 1.56. The van der Waals surface area contributed by atoms with E-state index in [1.54, 1.807) is 0 Å². The minimum atomic E-state index is -0.554. The van der Waals surface area contributed by atoms with Gasteiger partial charge in [0.2, 0.25) is 0 Å². The summed E-state index contributed by atoms with van der Waals surface area (Å²) in [5, 5.41) is 0.0504. The highest BCUT2D eigenvalue weighted by atomic mass is 35.5. The molecule has 2 aromatic rings. The molecule has 24 heavy (non-hydrogen) atoms. The van der Waals surface area contributed by atoms with Gasteiger partial charge in [-0.2, -0.15) is 0 Å². The average Bonchev–Trinajstić information content (AvgIpc) is 2.61. The van der Waals surface area contributed by atoms with Crippen molar-refractivity contribution in [2.45, 2.75) is 25.2 Å². The van der Waals surface area contributed by atoms with E-state index in [0.717, 1.165) is 11.1 Å². The first kappa shape index (κ1) is 16.5. The van der Waals surface area contributed by atoms with Crippen LogP contribution in [0.25, 0.3) is 0 Å². The second-order valence-corrected chi connectivity index (χ2v) is 6.07. The molecule has 3 rings (SSSR count). The van der Waals surface area contributed by atoms with Crippen molar-refractivity contribution < 1.29 is 14.3 Å². The fourth-order valence-corrected chi connectivity index (χ4v) is 3.04. The first-order valence-corrected chi connectivity index (χ1v) is 8.28. The van der Waals surface area contributed by atoms with Gasteiger partial charge in [-0.3, -0.25) is 9.59 Å². The average molecular weight is 341 g/mol. The topological polar surface area (TPSA) is 43.4 Å². The van der Waals surface area contributed by atoms with E-state index in [0.29, 0.717) is 19.3 Å². The van der Waals surface area contributed by atoms with E-state index in [-0.39, 0.29) is 16.6 Å². The van der Waals surface area contributed by atoms with Gasteiger partial charge in [0.25, 0.3) is 0 Å². The van der Waals surface area contributed by atoms with Gasteiger partial charge in [0.15, 0.2) is 5.78 Å². The van der Waals surface area contributed by atoms with E-state index in [1.165, 1.54) is 0 Å². The van der Waals surface area contributed by atoms with Gasteiger partial charge in [0.05, 0.1) is 0 Å². The van der Waals surface area contributed by atoms with E-state index in [9.17, 15) is 9.59 Å². The van der Waals surface area contributed by atoms with Crippen LogP contribution in [0.15, 0.2) is 71.5 Å². The lowest BCUT2D eigenvalue weighted by molar-refractivity contribution is -0.140. The number of benzene rings is 2. The van der Waals surface area contributed by atoms with Gasteiger partial charge >= 0.3 is 5.97 Å². The summed E-state index contributed by atoms with van der Waals surface area (Å²) in [6.45, 7) is 0. The Kier molecular flexibility index (Phi) is 5.11. The molecule has 0 N–H and O–H groups in total. The van der Waals surface area contributed by atoms with Gasteiger partial charge in [-0.15, -0.1) is 0 Å². The fourth-order valence-electron chi connectivity index (χ4n) is 2.82. The molecule has 0 saturated heterocycles. The highest BCUT2D eigenvalue weighted by Gasteiger charge is 2.28. The lowest BCUT2D eigenvalue weighted by Crippen LogP contribution is -2.20. The zero-order valence-electron chi connectivity index (χ0n) is 13.1. The largest absolute Gasteiger partial charge is 0.429 e. The van der Waals surface area contributed by atoms with Crippen molar-refractivity contribution in [3.63, 3.8) is 0 Å². The van der Waals surface area contributed by atoms with Gasteiger partial charge in [-0.1, -0.05) is 72.3 Å². The van der Waals surface area contributed by atoms with Gasteiger partial charge in [0, 0.05) is 12.8 Å². The summed E-state index contributed by atoms with van der Waals surface area (Å²) in [5.74, 6) is -0.854. The maximum Gasteiger partial charge on any atom is 0.323 e. The van der Waals surface area contributed by atoms with Gasteiger partial charge < -0.3 is 4.74 Å². The maximum atomic E-state index is 12.8. The molecule has 0 atom stereocenters. The van der Waals surface area contributed by atoms with Crippen LogP contribution >= 0.6 is 11.6 Å². The summed E-state index contributed by atoms with van der Waals surface area (Å²) < 4.78 is 5.53. The second kappa shape index (κ2) is 7.45. The third-order valence-corrected chi connectivity index (χ3v) is 4.44. The highest BCUT2D eigenvalue weighted by molar-refractivity contribution is 6.43. The lowest BCUT2D eigenvalue weighted by atomic mass is 9.91. The van der Waals surface area contributed by atoms with E-state index >= 15 is 0 Å². The van der Waals surface area contributed by atoms with E-state index in [4.69, 9.17) is 16.3 Å². The molecular weight excluding hydrogens is 324 g/mol. The predicted molar refractivity (Wildman–Crippen MR) is 92.6 cm³/mol.